The van der Waals surface area contributed by atoms with E-state index in [1.807, 2.05) is 12.1 Å². The highest BCUT2D eigenvalue weighted by Crippen LogP contribution is 2.47. The lowest BCUT2D eigenvalue weighted by atomic mass is 9.70. The predicted molar refractivity (Wildman–Crippen MR) is 77.5 cm³/mol. The highest BCUT2D eigenvalue weighted by atomic mass is 19.1. The van der Waals surface area contributed by atoms with Crippen molar-refractivity contribution in [1.29, 1.82) is 0 Å². The zero-order chi connectivity index (χ0) is 14.9. The molecule has 3 nitrogen and oxygen atoms in total. The van der Waals surface area contributed by atoms with Crippen molar-refractivity contribution in [3.63, 3.8) is 0 Å². The molecule has 0 aromatic heterocycles. The first-order chi connectivity index (χ1) is 10.1. The van der Waals surface area contributed by atoms with E-state index in [2.05, 4.69) is 0 Å². The molecule has 1 saturated carbocycles. The molecule has 1 spiro atoms. The summed E-state index contributed by atoms with van der Waals surface area (Å²) in [4.78, 5) is 12.8. The summed E-state index contributed by atoms with van der Waals surface area (Å²) in [5.41, 5.74) is 1.53. The third kappa shape index (κ3) is 2.69. The maximum Gasteiger partial charge on any atom is 0.169 e. The summed E-state index contributed by atoms with van der Waals surface area (Å²) < 4.78 is 17.6. The Hall–Kier alpha value is -1.42. The fourth-order valence-corrected chi connectivity index (χ4v) is 3.54. The van der Waals surface area contributed by atoms with Crippen LogP contribution in [0.3, 0.4) is 0 Å². The number of alkyl halides is 1. The van der Waals surface area contributed by atoms with Crippen LogP contribution < -0.4 is 4.74 Å². The molecule has 0 unspecified atom stereocenters. The first-order valence-corrected chi connectivity index (χ1v) is 7.69. The van der Waals surface area contributed by atoms with Crippen molar-refractivity contribution in [3.05, 3.63) is 29.3 Å². The van der Waals surface area contributed by atoms with Gasteiger partial charge >= 0.3 is 0 Å². The van der Waals surface area contributed by atoms with Crippen LogP contribution in [0.1, 0.15) is 48.0 Å². The molecule has 3 rings (SSSR count). The largest absolute Gasteiger partial charge is 0.493 e. The Morgan fingerprint density at radius 3 is 2.81 bits per heavy atom. The summed E-state index contributed by atoms with van der Waals surface area (Å²) in [6.45, 7) is -0.0594. The van der Waals surface area contributed by atoms with Gasteiger partial charge in [-0.25, -0.2) is 0 Å². The fourth-order valence-electron chi connectivity index (χ4n) is 3.54. The molecule has 114 valence electrons. The van der Waals surface area contributed by atoms with Gasteiger partial charge < -0.3 is 9.84 Å². The van der Waals surface area contributed by atoms with Crippen LogP contribution in [0.4, 0.5) is 4.39 Å². The number of aliphatic hydroxyl groups is 1. The molecule has 4 heteroatoms. The zero-order valence-corrected chi connectivity index (χ0v) is 12.1. The SMILES string of the molecule is O=C1c2cc(OCCCF)ccc2CC12CCC(O)CC2. The number of carbonyl (C=O) groups excluding carboxylic acids is 1. The lowest BCUT2D eigenvalue weighted by molar-refractivity contribution is 0.0513. The van der Waals surface area contributed by atoms with E-state index in [4.69, 9.17) is 4.74 Å². The van der Waals surface area contributed by atoms with Crippen LogP contribution in [0.2, 0.25) is 0 Å². The number of ketones is 1. The van der Waals surface area contributed by atoms with E-state index in [1.165, 1.54) is 0 Å². The Bertz CT molecular complexity index is 533. The number of carbonyl (C=O) groups is 1. The van der Waals surface area contributed by atoms with Gasteiger partial charge in [0.15, 0.2) is 5.78 Å². The van der Waals surface area contributed by atoms with Crippen molar-refractivity contribution < 1.29 is 19.0 Å². The fraction of sp³-hybridized carbons (Fsp3) is 0.588. The second kappa shape index (κ2) is 5.76. The third-order valence-corrected chi connectivity index (χ3v) is 4.80. The van der Waals surface area contributed by atoms with Gasteiger partial charge in [-0.05, 0) is 49.8 Å². The van der Waals surface area contributed by atoms with Gasteiger partial charge in [0.05, 0.1) is 19.4 Å². The second-order valence-electron chi connectivity index (χ2n) is 6.23. The van der Waals surface area contributed by atoms with Crippen LogP contribution in [-0.4, -0.2) is 30.3 Å². The van der Waals surface area contributed by atoms with Gasteiger partial charge in [0, 0.05) is 17.4 Å². The molecular formula is C17H21FO3. The molecule has 2 aliphatic carbocycles. The summed E-state index contributed by atoms with van der Waals surface area (Å²) in [6.07, 6.45) is 3.83. The van der Waals surface area contributed by atoms with E-state index < -0.39 is 6.67 Å². The molecule has 0 radical (unpaired) electrons. The van der Waals surface area contributed by atoms with Crippen molar-refractivity contribution in [1.82, 2.24) is 0 Å². The van der Waals surface area contributed by atoms with Gasteiger partial charge in [-0.15, -0.1) is 0 Å². The van der Waals surface area contributed by atoms with Crippen LogP contribution in [-0.2, 0) is 6.42 Å². The smallest absolute Gasteiger partial charge is 0.169 e. The molecule has 21 heavy (non-hydrogen) atoms. The maximum atomic E-state index is 12.8. The molecular weight excluding hydrogens is 271 g/mol. The molecule has 1 N–H and O–H groups in total. The van der Waals surface area contributed by atoms with E-state index in [0.717, 1.165) is 30.4 Å². The van der Waals surface area contributed by atoms with Crippen molar-refractivity contribution in [2.45, 2.75) is 44.6 Å². The average Bonchev–Trinajstić information content (AvgIpc) is 2.76. The number of ether oxygens (including phenoxy) is 1. The van der Waals surface area contributed by atoms with Gasteiger partial charge in [0.1, 0.15) is 5.75 Å². The van der Waals surface area contributed by atoms with Gasteiger partial charge in [-0.3, -0.25) is 9.18 Å². The van der Waals surface area contributed by atoms with Crippen molar-refractivity contribution in [2.24, 2.45) is 5.41 Å². The Labute approximate surface area is 124 Å². The Balaban J connectivity index is 1.77. The lowest BCUT2D eigenvalue weighted by Crippen LogP contribution is -2.34. The summed E-state index contributed by atoms with van der Waals surface area (Å²) in [7, 11) is 0. The van der Waals surface area contributed by atoms with Gasteiger partial charge in [-0.2, -0.15) is 0 Å². The molecule has 0 saturated heterocycles. The number of fused-ring (bicyclic) bond motifs is 1. The van der Waals surface area contributed by atoms with Gasteiger partial charge in [0.2, 0.25) is 0 Å². The van der Waals surface area contributed by atoms with Crippen LogP contribution in [0, 0.1) is 5.41 Å². The Morgan fingerprint density at radius 1 is 1.33 bits per heavy atom. The maximum absolute atomic E-state index is 12.8. The number of benzene rings is 1. The summed E-state index contributed by atoms with van der Waals surface area (Å²) in [6, 6.07) is 5.62. The minimum Gasteiger partial charge on any atom is -0.493 e. The van der Waals surface area contributed by atoms with Crippen LogP contribution >= 0.6 is 0 Å². The van der Waals surface area contributed by atoms with Crippen molar-refractivity contribution in [2.75, 3.05) is 13.3 Å². The summed E-state index contributed by atoms with van der Waals surface area (Å²) in [5.74, 6) is 0.837. The molecule has 1 aromatic carbocycles. The molecule has 0 aliphatic heterocycles. The highest BCUT2D eigenvalue weighted by molar-refractivity contribution is 6.05. The van der Waals surface area contributed by atoms with E-state index >= 15 is 0 Å². The van der Waals surface area contributed by atoms with Crippen LogP contribution in [0.25, 0.3) is 0 Å². The van der Waals surface area contributed by atoms with E-state index in [9.17, 15) is 14.3 Å². The van der Waals surface area contributed by atoms with Gasteiger partial charge in [0.25, 0.3) is 0 Å². The quantitative estimate of drug-likeness (QED) is 0.867. The van der Waals surface area contributed by atoms with E-state index in [0.29, 0.717) is 31.6 Å². The minimum atomic E-state index is -0.394. The first-order valence-electron chi connectivity index (χ1n) is 7.69. The first kappa shape index (κ1) is 14.5. The predicted octanol–water partition coefficient (Wildman–Crippen LogP) is 3.09. The van der Waals surface area contributed by atoms with Crippen molar-refractivity contribution in [3.8, 4) is 5.75 Å². The number of Topliss-reactive ketones (excluding diaryl/α,β-unsaturated/α-hetero) is 1. The molecule has 1 aromatic rings. The summed E-state index contributed by atoms with van der Waals surface area (Å²) >= 11 is 0. The molecule has 0 heterocycles. The number of hydrogen-bond donors (Lipinski definition) is 1. The monoisotopic (exact) mass is 292 g/mol. The van der Waals surface area contributed by atoms with Crippen LogP contribution in [0.15, 0.2) is 18.2 Å². The molecule has 0 bridgehead atoms. The Kier molecular flexibility index (Phi) is 3.98. The molecule has 1 fully saturated rings. The number of rotatable bonds is 4. The number of aliphatic hydroxyl groups excluding tert-OH is 1. The average molecular weight is 292 g/mol. The standard InChI is InChI=1S/C17H21FO3/c18-8-1-9-21-14-3-2-12-11-17(16(20)15(12)10-14)6-4-13(19)5-7-17/h2-3,10,13,19H,1,4-9,11H2. The van der Waals surface area contributed by atoms with Gasteiger partial charge in [-0.1, -0.05) is 6.07 Å². The number of hydrogen-bond acceptors (Lipinski definition) is 3. The highest BCUT2D eigenvalue weighted by Gasteiger charge is 2.47. The topological polar surface area (TPSA) is 46.5 Å². The minimum absolute atomic E-state index is 0.195. The summed E-state index contributed by atoms with van der Waals surface area (Å²) in [5, 5.41) is 9.66. The van der Waals surface area contributed by atoms with Crippen molar-refractivity contribution >= 4 is 5.78 Å². The molecule has 2 aliphatic rings. The zero-order valence-electron chi connectivity index (χ0n) is 12.1. The molecule has 0 atom stereocenters. The normalized spacial score (nSPS) is 27.9. The van der Waals surface area contributed by atoms with E-state index in [1.54, 1.807) is 6.07 Å². The third-order valence-electron chi connectivity index (χ3n) is 4.80. The molecule has 0 amide bonds. The van der Waals surface area contributed by atoms with E-state index in [-0.39, 0.29) is 17.3 Å². The Morgan fingerprint density at radius 2 is 2.10 bits per heavy atom. The second-order valence-corrected chi connectivity index (χ2v) is 6.23. The lowest BCUT2D eigenvalue weighted by Gasteiger charge is -2.33. The van der Waals surface area contributed by atoms with Crippen LogP contribution in [0.5, 0.6) is 5.75 Å². The number of halogens is 1.